The molecule has 4 rings (SSSR count). The predicted octanol–water partition coefficient (Wildman–Crippen LogP) is 2.80. The molecule has 110 valence electrons. The van der Waals surface area contributed by atoms with Gasteiger partial charge in [0.1, 0.15) is 0 Å². The molecule has 2 bridgehead atoms. The Balaban J connectivity index is 1.46. The van der Waals surface area contributed by atoms with Gasteiger partial charge >= 0.3 is 0 Å². The zero-order chi connectivity index (χ0) is 14.4. The summed E-state index contributed by atoms with van der Waals surface area (Å²) in [6.45, 7) is 2.00. The Hall–Kier alpha value is -1.24. The van der Waals surface area contributed by atoms with E-state index in [1.54, 1.807) is 11.3 Å². The lowest BCUT2D eigenvalue weighted by atomic mass is 9.95. The minimum Gasteiger partial charge on any atom is -0.347 e. The summed E-state index contributed by atoms with van der Waals surface area (Å²) < 4.78 is 0. The zero-order valence-electron chi connectivity index (χ0n) is 11.8. The fourth-order valence-corrected chi connectivity index (χ4v) is 4.85. The monoisotopic (exact) mass is 319 g/mol. The van der Waals surface area contributed by atoms with Gasteiger partial charge in [0.25, 0.3) is 5.91 Å². The molecule has 2 saturated heterocycles. The second kappa shape index (κ2) is 5.19. The zero-order valence-corrected chi connectivity index (χ0v) is 13.4. The summed E-state index contributed by atoms with van der Waals surface area (Å²) in [5.74, 6) is 0.0533. The highest BCUT2D eigenvalue weighted by molar-refractivity contribution is 7.17. The van der Waals surface area contributed by atoms with Crippen molar-refractivity contribution in [2.24, 2.45) is 0 Å². The number of nitrogens with zero attached hydrogens (tertiary/aromatic N) is 1. The van der Waals surface area contributed by atoms with Gasteiger partial charge in [-0.25, -0.2) is 4.98 Å². The normalized spacial score (nSPS) is 27.2. The lowest BCUT2D eigenvalue weighted by molar-refractivity contribution is 0.0935. The van der Waals surface area contributed by atoms with E-state index in [-0.39, 0.29) is 5.91 Å². The van der Waals surface area contributed by atoms with E-state index in [4.69, 9.17) is 0 Å². The number of nitrogens with one attached hydrogen (secondary N) is 2. The van der Waals surface area contributed by atoms with Crippen molar-refractivity contribution in [2.75, 3.05) is 0 Å². The molecule has 0 radical (unpaired) electrons. The van der Waals surface area contributed by atoms with Gasteiger partial charge in [-0.3, -0.25) is 4.79 Å². The maximum absolute atomic E-state index is 12.4. The smallest absolute Gasteiger partial charge is 0.261 e. The number of aryl methyl sites for hydroxylation is 1. The molecule has 0 aliphatic carbocycles. The first-order chi connectivity index (χ1) is 10.2. The average molecular weight is 319 g/mol. The fourth-order valence-electron chi connectivity index (χ4n) is 3.30. The number of rotatable bonds is 3. The third-order valence-electron chi connectivity index (χ3n) is 4.32. The van der Waals surface area contributed by atoms with Crippen molar-refractivity contribution in [3.63, 3.8) is 0 Å². The van der Waals surface area contributed by atoms with E-state index < -0.39 is 0 Å². The molecule has 4 heterocycles. The lowest BCUT2D eigenvalue weighted by Gasteiger charge is -2.20. The van der Waals surface area contributed by atoms with Crippen molar-refractivity contribution in [1.82, 2.24) is 15.6 Å². The molecule has 2 fully saturated rings. The molecule has 0 saturated carbocycles. The van der Waals surface area contributed by atoms with E-state index in [1.807, 2.05) is 24.4 Å². The van der Waals surface area contributed by atoms with Crippen LogP contribution in [0.15, 0.2) is 17.5 Å². The summed E-state index contributed by atoms with van der Waals surface area (Å²) in [4.78, 5) is 18.7. The molecule has 2 aromatic rings. The van der Waals surface area contributed by atoms with Crippen LogP contribution in [0.3, 0.4) is 0 Å². The molecule has 0 aromatic carbocycles. The van der Waals surface area contributed by atoms with Crippen molar-refractivity contribution < 1.29 is 4.79 Å². The standard InChI is InChI=1S/C15H17N3OS2/c1-8-16-12(7-20-8)13-4-5-14(21-13)15(19)18-11-6-9-2-3-10(11)17-9/h4-5,7,9-11,17H,2-3,6H2,1H3,(H,18,19)/t9-,10+,11-/m1/s1. The minimum atomic E-state index is 0.0533. The number of carbonyl (C=O) groups excluding carboxylic acids is 1. The Morgan fingerprint density at radius 1 is 1.43 bits per heavy atom. The van der Waals surface area contributed by atoms with Crippen LogP contribution in [0.1, 0.15) is 33.9 Å². The van der Waals surface area contributed by atoms with Crippen molar-refractivity contribution in [2.45, 2.75) is 44.3 Å². The van der Waals surface area contributed by atoms with Crippen molar-refractivity contribution in [3.8, 4) is 10.6 Å². The minimum absolute atomic E-state index is 0.0533. The second-order valence-electron chi connectivity index (χ2n) is 5.78. The Kier molecular flexibility index (Phi) is 3.32. The van der Waals surface area contributed by atoms with Gasteiger partial charge in [-0.2, -0.15) is 0 Å². The quantitative estimate of drug-likeness (QED) is 0.915. The first-order valence-corrected chi connectivity index (χ1v) is 8.98. The van der Waals surface area contributed by atoms with E-state index in [0.717, 1.165) is 26.9 Å². The van der Waals surface area contributed by atoms with Gasteiger partial charge in [0.05, 0.1) is 20.5 Å². The van der Waals surface area contributed by atoms with E-state index in [2.05, 4.69) is 15.6 Å². The van der Waals surface area contributed by atoms with Gasteiger partial charge in [-0.1, -0.05) is 0 Å². The number of hydrogen-bond acceptors (Lipinski definition) is 5. The van der Waals surface area contributed by atoms with E-state index in [1.165, 1.54) is 24.2 Å². The second-order valence-corrected chi connectivity index (χ2v) is 7.92. The fraction of sp³-hybridized carbons (Fsp3) is 0.467. The van der Waals surface area contributed by atoms with Crippen LogP contribution in [0.2, 0.25) is 0 Å². The molecule has 2 aliphatic rings. The summed E-state index contributed by atoms with van der Waals surface area (Å²) in [7, 11) is 0. The Labute approximate surface area is 131 Å². The molecule has 2 N–H and O–H groups in total. The number of amides is 1. The SMILES string of the molecule is Cc1nc(-c2ccc(C(=O)N[C@@H]3C[C@H]4CC[C@@H]3N4)s2)cs1. The van der Waals surface area contributed by atoms with Crippen molar-refractivity contribution >= 4 is 28.6 Å². The molecule has 1 amide bonds. The molecule has 3 atom stereocenters. The first-order valence-electron chi connectivity index (χ1n) is 7.28. The maximum atomic E-state index is 12.4. The van der Waals surface area contributed by atoms with Gasteiger partial charge in [-0.15, -0.1) is 22.7 Å². The van der Waals surface area contributed by atoms with Gasteiger partial charge in [0.15, 0.2) is 0 Å². The topological polar surface area (TPSA) is 54.0 Å². The number of aromatic nitrogens is 1. The maximum Gasteiger partial charge on any atom is 0.261 e. The van der Waals surface area contributed by atoms with Crippen LogP contribution < -0.4 is 10.6 Å². The summed E-state index contributed by atoms with van der Waals surface area (Å²) in [6, 6.07) is 5.28. The third kappa shape index (κ3) is 2.52. The number of thiophene rings is 1. The van der Waals surface area contributed by atoms with Crippen LogP contribution in [0.4, 0.5) is 0 Å². The molecule has 4 nitrogen and oxygen atoms in total. The Morgan fingerprint density at radius 3 is 3.00 bits per heavy atom. The molecule has 2 aromatic heterocycles. The van der Waals surface area contributed by atoms with Crippen LogP contribution >= 0.6 is 22.7 Å². The Morgan fingerprint density at radius 2 is 2.33 bits per heavy atom. The first kappa shape index (κ1) is 13.4. The highest BCUT2D eigenvalue weighted by Crippen LogP contribution is 2.31. The highest BCUT2D eigenvalue weighted by atomic mass is 32.1. The van der Waals surface area contributed by atoms with E-state index in [9.17, 15) is 4.79 Å². The van der Waals surface area contributed by atoms with Gasteiger partial charge in [0, 0.05) is 23.5 Å². The molecular formula is C15H17N3OS2. The summed E-state index contributed by atoms with van der Waals surface area (Å²) in [6.07, 6.45) is 3.51. The molecule has 0 spiro atoms. The third-order valence-corrected chi connectivity index (χ3v) is 6.20. The van der Waals surface area contributed by atoms with Crippen LogP contribution in [-0.2, 0) is 0 Å². The van der Waals surface area contributed by atoms with Crippen molar-refractivity contribution in [1.29, 1.82) is 0 Å². The molecule has 2 aliphatic heterocycles. The van der Waals surface area contributed by atoms with Gasteiger partial charge < -0.3 is 10.6 Å². The van der Waals surface area contributed by atoms with Crippen LogP contribution in [0.25, 0.3) is 10.6 Å². The average Bonchev–Trinajstić information content (AvgIpc) is 3.22. The molecule has 21 heavy (non-hydrogen) atoms. The summed E-state index contributed by atoms with van der Waals surface area (Å²) in [5, 5.41) is 9.83. The Bertz CT molecular complexity index is 678. The number of hydrogen-bond donors (Lipinski definition) is 2. The van der Waals surface area contributed by atoms with Crippen LogP contribution in [0, 0.1) is 6.92 Å². The van der Waals surface area contributed by atoms with E-state index in [0.29, 0.717) is 18.1 Å². The number of carbonyl (C=O) groups is 1. The van der Waals surface area contributed by atoms with Crippen LogP contribution in [0.5, 0.6) is 0 Å². The van der Waals surface area contributed by atoms with Crippen molar-refractivity contribution in [3.05, 3.63) is 27.4 Å². The lowest BCUT2D eigenvalue weighted by Crippen LogP contribution is -2.42. The van der Waals surface area contributed by atoms with Crippen LogP contribution in [-0.4, -0.2) is 29.0 Å². The molecule has 6 heteroatoms. The number of fused-ring (bicyclic) bond motifs is 2. The molecular weight excluding hydrogens is 302 g/mol. The summed E-state index contributed by atoms with van der Waals surface area (Å²) in [5.41, 5.74) is 0.975. The van der Waals surface area contributed by atoms with E-state index >= 15 is 0 Å². The largest absolute Gasteiger partial charge is 0.347 e. The summed E-state index contributed by atoms with van der Waals surface area (Å²) >= 11 is 3.16. The van der Waals surface area contributed by atoms with Gasteiger partial charge in [0.2, 0.25) is 0 Å². The molecule has 0 unspecified atom stereocenters. The highest BCUT2D eigenvalue weighted by Gasteiger charge is 2.39. The van der Waals surface area contributed by atoms with Gasteiger partial charge in [-0.05, 0) is 38.3 Å². The number of thiazole rings is 1. The predicted molar refractivity (Wildman–Crippen MR) is 86.0 cm³/mol.